The van der Waals surface area contributed by atoms with Crippen molar-refractivity contribution in [2.45, 2.75) is 186 Å². The van der Waals surface area contributed by atoms with Crippen molar-refractivity contribution < 1.29 is 64.9 Å². The average molecular weight is 771 g/mol. The van der Waals surface area contributed by atoms with Gasteiger partial charge >= 0.3 is 0 Å². The van der Waals surface area contributed by atoms with E-state index < -0.39 is 79.7 Å². The molecule has 6 rings (SSSR count). The lowest BCUT2D eigenvalue weighted by molar-refractivity contribution is -0.322. The minimum Gasteiger partial charge on any atom is -0.394 e. The lowest BCUT2D eigenvalue weighted by Gasteiger charge is -2.64. The Morgan fingerprint density at radius 3 is 2.15 bits per heavy atom. The van der Waals surface area contributed by atoms with Crippen LogP contribution in [0.5, 0.6) is 0 Å². The van der Waals surface area contributed by atoms with Gasteiger partial charge in [-0.3, -0.25) is 0 Å². The summed E-state index contributed by atoms with van der Waals surface area (Å²) in [7, 11) is 0. The van der Waals surface area contributed by atoms with Crippen LogP contribution in [0.15, 0.2) is 11.6 Å². The average Bonchev–Trinajstić information content (AvgIpc) is 3.31. The maximum absolute atomic E-state index is 12.0. The van der Waals surface area contributed by atoms with Crippen LogP contribution in [-0.2, 0) is 18.9 Å². The fourth-order valence-electron chi connectivity index (χ4n) is 12.6. The van der Waals surface area contributed by atoms with E-state index in [-0.39, 0.29) is 46.2 Å². The first-order valence-electron chi connectivity index (χ1n) is 20.4. The third-order valence-electron chi connectivity index (χ3n) is 16.0. The second-order valence-electron chi connectivity index (χ2n) is 19.9. The van der Waals surface area contributed by atoms with Crippen molar-refractivity contribution in [1.82, 2.24) is 0 Å². The molecule has 0 radical (unpaired) electrons. The van der Waals surface area contributed by atoms with E-state index in [1.807, 2.05) is 0 Å². The van der Waals surface area contributed by atoms with Gasteiger partial charge in [0.25, 0.3) is 0 Å². The van der Waals surface area contributed by atoms with Crippen molar-refractivity contribution in [2.24, 2.45) is 45.3 Å². The molecule has 13 nitrogen and oxygen atoms in total. The number of ether oxygens (including phenoxy) is 4. The van der Waals surface area contributed by atoms with E-state index in [9.17, 15) is 46.0 Å². The third kappa shape index (κ3) is 6.96. The molecule has 2 saturated heterocycles. The lowest BCUT2D eigenvalue weighted by atomic mass is 9.41. The molecule has 312 valence electrons. The van der Waals surface area contributed by atoms with Crippen LogP contribution in [0.2, 0.25) is 0 Å². The van der Waals surface area contributed by atoms with Crippen LogP contribution in [-0.4, -0.2) is 138 Å². The van der Waals surface area contributed by atoms with E-state index in [1.165, 1.54) is 5.57 Å². The van der Waals surface area contributed by atoms with Gasteiger partial charge in [0.05, 0.1) is 37.1 Å². The van der Waals surface area contributed by atoms with Gasteiger partial charge in [-0.2, -0.15) is 0 Å². The van der Waals surface area contributed by atoms with Gasteiger partial charge in [0.2, 0.25) is 0 Å². The van der Waals surface area contributed by atoms with Crippen LogP contribution in [0.1, 0.15) is 107 Å². The van der Waals surface area contributed by atoms with E-state index in [0.29, 0.717) is 31.1 Å². The van der Waals surface area contributed by atoms with E-state index in [2.05, 4.69) is 47.6 Å². The Morgan fingerprint density at radius 1 is 0.833 bits per heavy atom. The molecule has 4 aliphatic carbocycles. The highest BCUT2D eigenvalue weighted by Crippen LogP contribution is 2.73. The highest BCUT2D eigenvalue weighted by molar-refractivity contribution is 5.33. The predicted molar refractivity (Wildman–Crippen MR) is 196 cm³/mol. The third-order valence-corrected chi connectivity index (χ3v) is 16.0. The van der Waals surface area contributed by atoms with Gasteiger partial charge in [-0.15, -0.1) is 0 Å². The molecule has 0 amide bonds. The van der Waals surface area contributed by atoms with E-state index in [0.717, 1.165) is 32.1 Å². The first-order chi connectivity index (χ1) is 25.0. The number of aliphatic hydroxyl groups is 9. The Morgan fingerprint density at radius 2 is 1.50 bits per heavy atom. The SMILES string of the molecule is CC(CCC(O[C@@H]1O[C@H](CO)[C@@H](O)[C@H](O)[C@H]1O)C(C)(C)O)C1C(O)CC2(C)C3CCC4C(C)(CCC(O[C@@H]5OC[C@@H](O)[C@H](O)[C@H]5O)C4(C)C)C3=CCC12C. The van der Waals surface area contributed by atoms with Crippen molar-refractivity contribution in [3.8, 4) is 0 Å². The topological polar surface area (TPSA) is 219 Å². The monoisotopic (exact) mass is 770 g/mol. The fourth-order valence-corrected chi connectivity index (χ4v) is 12.6. The van der Waals surface area contributed by atoms with E-state index >= 15 is 0 Å². The summed E-state index contributed by atoms with van der Waals surface area (Å²) in [5.74, 6) is 0.646. The normalized spacial score (nSPS) is 50.4. The summed E-state index contributed by atoms with van der Waals surface area (Å²) in [6.07, 6.45) is -4.78. The Bertz CT molecular complexity index is 1350. The molecule has 0 aromatic rings. The Balaban J connectivity index is 1.17. The fraction of sp³-hybridized carbons (Fsp3) is 0.951. The molecule has 0 bridgehead atoms. The molecule has 13 heteroatoms. The molecule has 54 heavy (non-hydrogen) atoms. The predicted octanol–water partition coefficient (Wildman–Crippen LogP) is 1.76. The summed E-state index contributed by atoms with van der Waals surface area (Å²) in [6.45, 7) is 16.3. The summed E-state index contributed by atoms with van der Waals surface area (Å²) in [5.41, 5.74) is -0.526. The standard InChI is InChI=1S/C41H70O13/c1-20(9-12-28(38(4,5)50)54-36-34(49)32(47)31(46)25(18-42)52-36)29-23(43)17-41(8)22-10-11-26-37(2,3)27(53-35-33(48)30(45)24(44)19-51-35)14-15-39(26,6)21(22)13-16-40(29,41)7/h13,20,22-36,42-50H,9-12,14-19H2,1-8H3/t20?,22?,23?,24-,25-,26?,27?,28?,29?,30+,31-,32+,33-,34-,35+,36+,39?,40?,41?/m1/s1. The van der Waals surface area contributed by atoms with Crippen LogP contribution >= 0.6 is 0 Å². The lowest BCUT2D eigenvalue weighted by Crippen LogP contribution is -2.60. The number of allylic oxidation sites excluding steroid dienone is 2. The summed E-state index contributed by atoms with van der Waals surface area (Å²) in [5, 5.41) is 94.8. The minimum atomic E-state index is -1.58. The zero-order chi connectivity index (χ0) is 39.9. The zero-order valence-corrected chi connectivity index (χ0v) is 33.5. The number of hydrogen-bond acceptors (Lipinski definition) is 13. The maximum Gasteiger partial charge on any atom is 0.187 e. The molecule has 6 aliphatic rings. The molecule has 3 saturated carbocycles. The second kappa shape index (κ2) is 15.1. The Kier molecular flexibility index (Phi) is 12.0. The molecule has 2 aliphatic heterocycles. The van der Waals surface area contributed by atoms with Crippen molar-refractivity contribution >= 4 is 0 Å². The summed E-state index contributed by atoms with van der Waals surface area (Å²) in [6, 6.07) is 0. The number of hydrogen-bond donors (Lipinski definition) is 9. The first-order valence-corrected chi connectivity index (χ1v) is 20.4. The van der Waals surface area contributed by atoms with Gasteiger partial charge in [0.1, 0.15) is 42.7 Å². The molecule has 10 unspecified atom stereocenters. The van der Waals surface area contributed by atoms with Crippen LogP contribution in [0.25, 0.3) is 0 Å². The molecular formula is C41H70O13. The first kappa shape index (κ1) is 42.8. The number of fused-ring (bicyclic) bond motifs is 5. The van der Waals surface area contributed by atoms with Crippen LogP contribution < -0.4 is 0 Å². The van der Waals surface area contributed by atoms with Crippen molar-refractivity contribution in [2.75, 3.05) is 13.2 Å². The van der Waals surface area contributed by atoms with Gasteiger partial charge in [-0.25, -0.2) is 0 Å². The van der Waals surface area contributed by atoms with Gasteiger partial charge < -0.3 is 64.9 Å². The minimum absolute atomic E-state index is 0.0167. The van der Waals surface area contributed by atoms with Gasteiger partial charge in [0.15, 0.2) is 12.6 Å². The highest BCUT2D eigenvalue weighted by atomic mass is 16.7. The number of aliphatic hydroxyl groups excluding tert-OH is 8. The molecule has 0 aromatic heterocycles. The Hall–Kier alpha value is -0.780. The summed E-state index contributed by atoms with van der Waals surface area (Å²) >= 11 is 0. The van der Waals surface area contributed by atoms with E-state index in [1.54, 1.807) is 13.8 Å². The van der Waals surface area contributed by atoms with Crippen LogP contribution in [0, 0.1) is 45.3 Å². The van der Waals surface area contributed by atoms with Crippen molar-refractivity contribution in [3.05, 3.63) is 11.6 Å². The van der Waals surface area contributed by atoms with Crippen molar-refractivity contribution in [3.63, 3.8) is 0 Å². The largest absolute Gasteiger partial charge is 0.394 e. The molecule has 0 aromatic carbocycles. The quantitative estimate of drug-likeness (QED) is 0.114. The molecule has 19 atom stereocenters. The molecule has 5 fully saturated rings. The highest BCUT2D eigenvalue weighted by Gasteiger charge is 2.67. The summed E-state index contributed by atoms with van der Waals surface area (Å²) < 4.78 is 23.8. The molecule has 9 N–H and O–H groups in total. The molecular weight excluding hydrogens is 700 g/mol. The number of rotatable bonds is 10. The van der Waals surface area contributed by atoms with Crippen LogP contribution in [0.4, 0.5) is 0 Å². The van der Waals surface area contributed by atoms with Gasteiger partial charge in [-0.05, 0) is 111 Å². The smallest absolute Gasteiger partial charge is 0.187 e. The molecule has 0 spiro atoms. The van der Waals surface area contributed by atoms with Gasteiger partial charge in [-0.1, -0.05) is 53.2 Å². The van der Waals surface area contributed by atoms with Crippen molar-refractivity contribution in [1.29, 1.82) is 0 Å². The molecule has 2 heterocycles. The van der Waals surface area contributed by atoms with E-state index in [4.69, 9.17) is 18.9 Å². The second-order valence-corrected chi connectivity index (χ2v) is 19.9. The maximum atomic E-state index is 12.0. The van der Waals surface area contributed by atoms with Gasteiger partial charge in [0, 0.05) is 0 Å². The summed E-state index contributed by atoms with van der Waals surface area (Å²) in [4.78, 5) is 0. The Labute approximate surface area is 320 Å². The zero-order valence-electron chi connectivity index (χ0n) is 33.5. The van der Waals surface area contributed by atoms with Crippen LogP contribution in [0.3, 0.4) is 0 Å².